The predicted molar refractivity (Wildman–Crippen MR) is 66.5 cm³/mol. The molecule has 0 bridgehead atoms. The summed E-state index contributed by atoms with van der Waals surface area (Å²) >= 11 is 5.20. The first-order chi connectivity index (χ1) is 8.07. The number of H-pyrrole nitrogens is 1. The molecule has 6 nitrogen and oxygen atoms in total. The Labute approximate surface area is 105 Å². The molecule has 1 saturated heterocycles. The van der Waals surface area contributed by atoms with E-state index < -0.39 is 9.84 Å². The van der Waals surface area contributed by atoms with E-state index >= 15 is 0 Å². The lowest BCUT2D eigenvalue weighted by Gasteiger charge is -2.27. The highest BCUT2D eigenvalue weighted by Crippen LogP contribution is 2.37. The number of rotatable bonds is 2. The monoisotopic (exact) mass is 274 g/mol. The molecule has 1 aliphatic carbocycles. The Hall–Kier alpha value is -0.890. The van der Waals surface area contributed by atoms with Crippen molar-refractivity contribution < 1.29 is 8.42 Å². The quantitative estimate of drug-likeness (QED) is 0.796. The third-order valence-corrected chi connectivity index (χ3v) is 5.12. The first-order valence-corrected chi connectivity index (χ1v) is 7.92. The first-order valence-electron chi connectivity index (χ1n) is 5.69. The molecule has 2 fully saturated rings. The molecule has 0 unspecified atom stereocenters. The van der Waals surface area contributed by atoms with Crippen LogP contribution in [0.4, 0.5) is 5.95 Å². The molecule has 94 valence electrons. The summed E-state index contributed by atoms with van der Waals surface area (Å²) in [6.07, 6.45) is 2.26. The van der Waals surface area contributed by atoms with Crippen LogP contribution in [-0.4, -0.2) is 47.8 Å². The van der Waals surface area contributed by atoms with Crippen LogP contribution in [0.1, 0.15) is 18.9 Å². The molecule has 0 spiro atoms. The highest BCUT2D eigenvalue weighted by atomic mass is 32.2. The summed E-state index contributed by atoms with van der Waals surface area (Å²) in [5.41, 5.74) is 0. The average Bonchev–Trinajstić information content (AvgIpc) is 3.03. The molecular formula is C9H14N4O2S2. The van der Waals surface area contributed by atoms with Gasteiger partial charge in [-0.2, -0.15) is 0 Å². The minimum atomic E-state index is -2.85. The van der Waals surface area contributed by atoms with Gasteiger partial charge in [0.05, 0.1) is 11.5 Å². The standard InChI is InChI=1S/C9H14N4O2S2/c14-17(15)5-3-12(4-6-17)8-10-11-9(16)13(8)7-1-2-7/h7H,1-6H2,(H,11,16). The average molecular weight is 274 g/mol. The summed E-state index contributed by atoms with van der Waals surface area (Å²) in [4.78, 5) is 2.01. The van der Waals surface area contributed by atoms with Gasteiger partial charge in [-0.1, -0.05) is 0 Å². The van der Waals surface area contributed by atoms with Crippen molar-refractivity contribution in [3.63, 3.8) is 0 Å². The van der Waals surface area contributed by atoms with E-state index in [9.17, 15) is 8.42 Å². The van der Waals surface area contributed by atoms with E-state index in [4.69, 9.17) is 12.2 Å². The first kappa shape index (κ1) is 11.2. The molecule has 2 aliphatic rings. The van der Waals surface area contributed by atoms with E-state index in [2.05, 4.69) is 10.2 Å². The normalized spacial score (nSPS) is 23.9. The molecule has 1 aliphatic heterocycles. The molecule has 8 heteroatoms. The fraction of sp³-hybridized carbons (Fsp3) is 0.778. The number of aromatic amines is 1. The Morgan fingerprint density at radius 3 is 2.53 bits per heavy atom. The summed E-state index contributed by atoms with van der Waals surface area (Å²) in [6, 6.07) is 0.454. The van der Waals surface area contributed by atoms with E-state index in [1.54, 1.807) is 0 Å². The number of hydrogen-bond donors (Lipinski definition) is 1. The van der Waals surface area contributed by atoms with E-state index in [0.29, 0.717) is 23.9 Å². The maximum atomic E-state index is 11.4. The minimum absolute atomic E-state index is 0.206. The highest BCUT2D eigenvalue weighted by molar-refractivity contribution is 7.91. The van der Waals surface area contributed by atoms with E-state index in [1.807, 2.05) is 9.47 Å². The molecular weight excluding hydrogens is 260 g/mol. The molecule has 1 saturated carbocycles. The number of nitrogens with zero attached hydrogens (tertiary/aromatic N) is 3. The van der Waals surface area contributed by atoms with Crippen LogP contribution in [0.15, 0.2) is 0 Å². The predicted octanol–water partition coefficient (Wildman–Crippen LogP) is 0.510. The van der Waals surface area contributed by atoms with Gasteiger partial charge in [-0.15, -0.1) is 5.10 Å². The Bertz CT molecular complexity index is 570. The Morgan fingerprint density at radius 2 is 1.94 bits per heavy atom. The van der Waals surface area contributed by atoms with Crippen molar-refractivity contribution in [1.82, 2.24) is 14.8 Å². The Morgan fingerprint density at radius 1 is 1.29 bits per heavy atom. The zero-order valence-corrected chi connectivity index (χ0v) is 10.9. The van der Waals surface area contributed by atoms with Crippen molar-refractivity contribution >= 4 is 28.0 Å². The Kier molecular flexibility index (Phi) is 2.51. The van der Waals surface area contributed by atoms with Crippen molar-refractivity contribution in [1.29, 1.82) is 0 Å². The smallest absolute Gasteiger partial charge is 0.226 e. The highest BCUT2D eigenvalue weighted by Gasteiger charge is 2.31. The van der Waals surface area contributed by atoms with Gasteiger partial charge < -0.3 is 4.90 Å². The third-order valence-electron chi connectivity index (χ3n) is 3.23. The van der Waals surface area contributed by atoms with Crippen LogP contribution < -0.4 is 4.90 Å². The van der Waals surface area contributed by atoms with Crippen molar-refractivity contribution in [2.75, 3.05) is 29.5 Å². The summed E-state index contributed by atoms with van der Waals surface area (Å²) < 4.78 is 25.4. The minimum Gasteiger partial charge on any atom is -0.339 e. The van der Waals surface area contributed by atoms with Gasteiger partial charge in [0.15, 0.2) is 14.6 Å². The van der Waals surface area contributed by atoms with Gasteiger partial charge in [0, 0.05) is 19.1 Å². The summed E-state index contributed by atoms with van der Waals surface area (Å²) in [5, 5.41) is 7.03. The van der Waals surface area contributed by atoms with Crippen LogP contribution >= 0.6 is 12.2 Å². The van der Waals surface area contributed by atoms with Crippen molar-refractivity contribution in [2.24, 2.45) is 0 Å². The molecule has 1 aromatic rings. The number of nitrogens with one attached hydrogen (secondary N) is 1. The molecule has 0 radical (unpaired) electrons. The van der Waals surface area contributed by atoms with Gasteiger partial charge in [0.25, 0.3) is 0 Å². The zero-order valence-electron chi connectivity index (χ0n) is 9.29. The van der Waals surface area contributed by atoms with Crippen LogP contribution in [0, 0.1) is 4.77 Å². The third kappa shape index (κ3) is 2.11. The second-order valence-corrected chi connectivity index (χ2v) is 7.26. The number of hydrogen-bond acceptors (Lipinski definition) is 5. The molecule has 0 amide bonds. The molecule has 2 heterocycles. The Balaban J connectivity index is 1.88. The van der Waals surface area contributed by atoms with Gasteiger partial charge in [-0.3, -0.25) is 4.57 Å². The lowest BCUT2D eigenvalue weighted by molar-refractivity contribution is 0.583. The van der Waals surface area contributed by atoms with Gasteiger partial charge in [0.1, 0.15) is 0 Å². The lowest BCUT2D eigenvalue weighted by atomic mass is 10.5. The van der Waals surface area contributed by atoms with Crippen molar-refractivity contribution in [3.05, 3.63) is 4.77 Å². The second kappa shape index (κ2) is 3.81. The van der Waals surface area contributed by atoms with Crippen LogP contribution in [0.5, 0.6) is 0 Å². The van der Waals surface area contributed by atoms with E-state index in [-0.39, 0.29) is 11.5 Å². The van der Waals surface area contributed by atoms with Gasteiger partial charge in [-0.05, 0) is 25.1 Å². The van der Waals surface area contributed by atoms with Crippen LogP contribution in [0.2, 0.25) is 0 Å². The summed E-state index contributed by atoms with van der Waals surface area (Å²) in [5.74, 6) is 1.21. The summed E-state index contributed by atoms with van der Waals surface area (Å²) in [7, 11) is -2.85. The van der Waals surface area contributed by atoms with Crippen LogP contribution in [0.3, 0.4) is 0 Å². The van der Waals surface area contributed by atoms with Gasteiger partial charge >= 0.3 is 0 Å². The molecule has 1 N–H and O–H groups in total. The van der Waals surface area contributed by atoms with E-state index in [1.165, 1.54) is 0 Å². The van der Waals surface area contributed by atoms with Crippen molar-refractivity contribution in [3.8, 4) is 0 Å². The molecule has 0 atom stereocenters. The fourth-order valence-electron chi connectivity index (χ4n) is 2.09. The fourth-order valence-corrected chi connectivity index (χ4v) is 3.57. The number of anilines is 1. The molecule has 17 heavy (non-hydrogen) atoms. The van der Waals surface area contributed by atoms with Crippen LogP contribution in [-0.2, 0) is 9.84 Å². The van der Waals surface area contributed by atoms with Gasteiger partial charge in [-0.25, -0.2) is 13.5 Å². The van der Waals surface area contributed by atoms with E-state index in [0.717, 1.165) is 18.8 Å². The molecule has 0 aromatic carbocycles. The largest absolute Gasteiger partial charge is 0.339 e. The zero-order chi connectivity index (χ0) is 12.0. The topological polar surface area (TPSA) is 71.0 Å². The second-order valence-electron chi connectivity index (χ2n) is 4.57. The number of sulfone groups is 1. The maximum Gasteiger partial charge on any atom is 0.226 e. The lowest BCUT2D eigenvalue weighted by Crippen LogP contribution is -2.41. The molecule has 3 rings (SSSR count). The number of aromatic nitrogens is 3. The summed E-state index contributed by atoms with van der Waals surface area (Å²) in [6.45, 7) is 1.02. The SMILES string of the molecule is O=S1(=O)CCN(c2n[nH]c(=S)n2C2CC2)CC1. The van der Waals surface area contributed by atoms with Crippen molar-refractivity contribution in [2.45, 2.75) is 18.9 Å². The molecule has 1 aromatic heterocycles. The van der Waals surface area contributed by atoms with Crippen LogP contribution in [0.25, 0.3) is 0 Å². The van der Waals surface area contributed by atoms with Gasteiger partial charge in [0.2, 0.25) is 5.95 Å². The maximum absolute atomic E-state index is 11.4.